The molecule has 1 fully saturated rings. The van der Waals surface area contributed by atoms with E-state index in [0.717, 1.165) is 5.69 Å². The van der Waals surface area contributed by atoms with Gasteiger partial charge in [-0.05, 0) is 19.9 Å². The molecule has 0 spiro atoms. The Morgan fingerprint density at radius 3 is 3.14 bits per heavy atom. The highest BCUT2D eigenvalue weighted by atomic mass is 16.5. The lowest BCUT2D eigenvalue weighted by molar-refractivity contribution is -0.0252. The summed E-state index contributed by atoms with van der Waals surface area (Å²) in [5, 5.41) is 17.1. The van der Waals surface area contributed by atoms with Crippen molar-refractivity contribution in [3.05, 3.63) is 23.8 Å². The maximum atomic E-state index is 12.1. The minimum atomic E-state index is -1.04. The lowest BCUT2D eigenvalue weighted by Gasteiger charge is -2.25. The Morgan fingerprint density at radius 1 is 1.67 bits per heavy atom. The lowest BCUT2D eigenvalue weighted by Crippen LogP contribution is -2.47. The van der Waals surface area contributed by atoms with Crippen LogP contribution in [0.4, 0.5) is 0 Å². The van der Waals surface area contributed by atoms with Gasteiger partial charge in [0.15, 0.2) is 0 Å². The third-order valence-corrected chi connectivity index (χ3v) is 3.85. The summed E-state index contributed by atoms with van der Waals surface area (Å²) in [6.07, 6.45) is 1.80. The van der Waals surface area contributed by atoms with Crippen molar-refractivity contribution in [2.75, 3.05) is 13.2 Å². The molecule has 1 aliphatic heterocycles. The number of aromatic nitrogens is 4. The molecule has 3 heterocycles. The molecule has 3 rings (SSSR count). The molecule has 2 aromatic heterocycles. The topological polar surface area (TPSA) is 102 Å². The Morgan fingerprint density at radius 2 is 2.48 bits per heavy atom. The van der Waals surface area contributed by atoms with Crippen LogP contribution in [0.3, 0.4) is 0 Å². The van der Waals surface area contributed by atoms with Crippen molar-refractivity contribution in [1.29, 1.82) is 0 Å². The van der Waals surface area contributed by atoms with Crippen molar-refractivity contribution < 1.29 is 14.6 Å². The molecule has 1 saturated heterocycles. The van der Waals surface area contributed by atoms with Gasteiger partial charge in [0.1, 0.15) is 5.60 Å². The summed E-state index contributed by atoms with van der Waals surface area (Å²) in [6.45, 7) is 4.24. The van der Waals surface area contributed by atoms with Crippen LogP contribution in [-0.4, -0.2) is 55.5 Å². The molecule has 2 unspecified atom stereocenters. The largest absolute Gasteiger partial charge is 0.385 e. The van der Waals surface area contributed by atoms with Crippen molar-refractivity contribution in [2.45, 2.75) is 32.0 Å². The zero-order chi connectivity index (χ0) is 15.0. The summed E-state index contributed by atoms with van der Waals surface area (Å²) < 4.78 is 6.83. The van der Waals surface area contributed by atoms with E-state index in [0.29, 0.717) is 18.8 Å². The number of fused-ring (bicyclic) bond motifs is 1. The zero-order valence-electron chi connectivity index (χ0n) is 11.9. The Hall–Kier alpha value is -2.06. The van der Waals surface area contributed by atoms with Crippen LogP contribution in [0.1, 0.15) is 29.7 Å². The Balaban J connectivity index is 1.74. The fraction of sp³-hybridized carbons (Fsp3) is 0.538. The monoisotopic (exact) mass is 291 g/mol. The average molecular weight is 291 g/mol. The molecule has 0 radical (unpaired) electrons. The molecule has 112 valence electrons. The second-order valence-corrected chi connectivity index (χ2v) is 5.28. The number of hydrogen-bond acceptors (Lipinski definition) is 6. The Labute approximate surface area is 121 Å². The van der Waals surface area contributed by atoms with Gasteiger partial charge in [0.25, 0.3) is 11.7 Å². The van der Waals surface area contributed by atoms with Crippen LogP contribution in [0.25, 0.3) is 5.78 Å². The van der Waals surface area contributed by atoms with Gasteiger partial charge in [0.05, 0.1) is 6.10 Å². The van der Waals surface area contributed by atoms with E-state index in [1.54, 1.807) is 19.2 Å². The van der Waals surface area contributed by atoms with Gasteiger partial charge in [-0.25, -0.2) is 9.50 Å². The van der Waals surface area contributed by atoms with E-state index in [4.69, 9.17) is 4.74 Å². The molecule has 0 aromatic carbocycles. The van der Waals surface area contributed by atoms with Crippen molar-refractivity contribution in [2.24, 2.45) is 0 Å². The number of ether oxygens (including phenoxy) is 1. The minimum absolute atomic E-state index is 0.0342. The molecule has 0 saturated carbocycles. The van der Waals surface area contributed by atoms with E-state index in [-0.39, 0.29) is 18.5 Å². The van der Waals surface area contributed by atoms with E-state index in [9.17, 15) is 9.90 Å². The van der Waals surface area contributed by atoms with E-state index in [1.807, 2.05) is 6.92 Å². The molecule has 1 aliphatic rings. The van der Waals surface area contributed by atoms with Gasteiger partial charge in [-0.2, -0.15) is 4.98 Å². The van der Waals surface area contributed by atoms with Crippen LogP contribution in [0.2, 0.25) is 0 Å². The molecule has 2 atom stereocenters. The summed E-state index contributed by atoms with van der Waals surface area (Å²) in [6, 6.07) is 1.78. The third-order valence-electron chi connectivity index (χ3n) is 3.85. The number of carbonyl (C=O) groups excluding carboxylic acids is 1. The molecule has 8 nitrogen and oxygen atoms in total. The number of rotatable bonds is 3. The first-order valence-corrected chi connectivity index (χ1v) is 6.80. The first-order valence-electron chi connectivity index (χ1n) is 6.80. The Bertz CT molecular complexity index is 685. The van der Waals surface area contributed by atoms with E-state index >= 15 is 0 Å². The smallest absolute Gasteiger partial charge is 0.291 e. The summed E-state index contributed by atoms with van der Waals surface area (Å²) in [4.78, 5) is 20.2. The standard InChI is InChI=1S/C13H17N5O3/c1-8-3-5-14-12-16-10(17-18(8)12)11(19)15-7-13(20)4-6-21-9(13)2/h3,5,9,20H,4,6-7H2,1-2H3,(H,15,19). The predicted molar refractivity (Wildman–Crippen MR) is 72.8 cm³/mol. The fourth-order valence-electron chi connectivity index (χ4n) is 2.32. The van der Waals surface area contributed by atoms with Crippen LogP contribution in [0.5, 0.6) is 0 Å². The van der Waals surface area contributed by atoms with E-state index < -0.39 is 11.5 Å². The second-order valence-electron chi connectivity index (χ2n) is 5.28. The van der Waals surface area contributed by atoms with Crippen LogP contribution in [0.15, 0.2) is 12.3 Å². The average Bonchev–Trinajstić information content (AvgIpc) is 3.03. The van der Waals surface area contributed by atoms with Gasteiger partial charge in [-0.1, -0.05) is 0 Å². The SMILES string of the molecule is Cc1ccnc2nc(C(=O)NCC3(O)CCOC3C)nn12. The maximum Gasteiger partial charge on any atom is 0.291 e. The number of carbonyl (C=O) groups is 1. The highest BCUT2D eigenvalue weighted by Crippen LogP contribution is 2.24. The molecule has 8 heteroatoms. The van der Waals surface area contributed by atoms with Gasteiger partial charge in [-0.3, -0.25) is 4.79 Å². The van der Waals surface area contributed by atoms with Crippen molar-refractivity contribution in [3.63, 3.8) is 0 Å². The quantitative estimate of drug-likeness (QED) is 0.805. The van der Waals surface area contributed by atoms with E-state index in [2.05, 4.69) is 20.4 Å². The normalized spacial score (nSPS) is 25.4. The molecule has 21 heavy (non-hydrogen) atoms. The zero-order valence-corrected chi connectivity index (χ0v) is 11.9. The van der Waals surface area contributed by atoms with Crippen molar-refractivity contribution in [1.82, 2.24) is 24.9 Å². The molecule has 0 aliphatic carbocycles. The lowest BCUT2D eigenvalue weighted by atomic mass is 9.97. The molecular weight excluding hydrogens is 274 g/mol. The summed E-state index contributed by atoms with van der Waals surface area (Å²) >= 11 is 0. The number of aryl methyl sites for hydroxylation is 1. The summed E-state index contributed by atoms with van der Waals surface area (Å²) in [7, 11) is 0. The number of nitrogens with zero attached hydrogens (tertiary/aromatic N) is 4. The highest BCUT2D eigenvalue weighted by Gasteiger charge is 2.39. The first-order chi connectivity index (χ1) is 9.99. The van der Waals surface area contributed by atoms with Gasteiger partial charge in [0, 0.05) is 31.5 Å². The van der Waals surface area contributed by atoms with Gasteiger partial charge >= 0.3 is 0 Å². The third kappa shape index (κ3) is 2.47. The molecule has 0 bridgehead atoms. The van der Waals surface area contributed by atoms with E-state index in [1.165, 1.54) is 4.52 Å². The van der Waals surface area contributed by atoms with Gasteiger partial charge in [-0.15, -0.1) is 5.10 Å². The molecule has 2 aromatic rings. The van der Waals surface area contributed by atoms with Crippen molar-refractivity contribution in [3.8, 4) is 0 Å². The fourth-order valence-corrected chi connectivity index (χ4v) is 2.32. The number of nitrogens with one attached hydrogen (secondary N) is 1. The molecule has 1 amide bonds. The summed E-state index contributed by atoms with van der Waals surface area (Å²) in [5.41, 5.74) is -0.203. The summed E-state index contributed by atoms with van der Waals surface area (Å²) in [5.74, 6) is -0.0316. The first kappa shape index (κ1) is 13.9. The Kier molecular flexibility index (Phi) is 3.34. The van der Waals surface area contributed by atoms with Crippen molar-refractivity contribution >= 4 is 11.7 Å². The number of amides is 1. The van der Waals surface area contributed by atoms with Crippen LogP contribution in [-0.2, 0) is 4.74 Å². The maximum absolute atomic E-state index is 12.1. The van der Waals surface area contributed by atoms with Gasteiger partial charge in [0.2, 0.25) is 5.82 Å². The molecular formula is C13H17N5O3. The van der Waals surface area contributed by atoms with Crippen LogP contribution in [0, 0.1) is 6.92 Å². The highest BCUT2D eigenvalue weighted by molar-refractivity contribution is 5.90. The minimum Gasteiger partial charge on any atom is -0.385 e. The number of hydrogen-bond donors (Lipinski definition) is 2. The second kappa shape index (κ2) is 5.05. The van der Waals surface area contributed by atoms with Crippen LogP contribution < -0.4 is 5.32 Å². The number of aliphatic hydroxyl groups is 1. The molecule has 2 N–H and O–H groups in total. The van der Waals surface area contributed by atoms with Crippen LogP contribution >= 0.6 is 0 Å². The van der Waals surface area contributed by atoms with Gasteiger partial charge < -0.3 is 15.2 Å². The predicted octanol–water partition coefficient (Wildman–Crippen LogP) is -0.298.